The van der Waals surface area contributed by atoms with E-state index in [2.05, 4.69) is 4.90 Å². The molecule has 0 aromatic heterocycles. The van der Waals surface area contributed by atoms with Gasteiger partial charge in [-0.05, 0) is 35.9 Å². The van der Waals surface area contributed by atoms with Gasteiger partial charge in [-0.1, -0.05) is 29.8 Å². The molecule has 0 N–H and O–H groups in total. The molecule has 3 rings (SSSR count). The molecule has 0 saturated carbocycles. The van der Waals surface area contributed by atoms with Gasteiger partial charge in [-0.25, -0.2) is 4.39 Å². The first-order chi connectivity index (χ1) is 13.1. The Morgan fingerprint density at radius 3 is 2.63 bits per heavy atom. The van der Waals surface area contributed by atoms with Crippen LogP contribution in [0, 0.1) is 5.82 Å². The summed E-state index contributed by atoms with van der Waals surface area (Å²) in [6, 6.07) is 11.9. The maximum atomic E-state index is 13.5. The van der Waals surface area contributed by atoms with Crippen LogP contribution in [0.1, 0.15) is 11.1 Å². The number of halogens is 2. The van der Waals surface area contributed by atoms with Crippen molar-refractivity contribution >= 4 is 23.6 Å². The molecule has 27 heavy (non-hydrogen) atoms. The number of carbonyl (C=O) groups is 1. The Kier molecular flexibility index (Phi) is 6.48. The molecule has 0 bridgehead atoms. The normalized spacial score (nSPS) is 15.3. The monoisotopic (exact) mass is 388 g/mol. The van der Waals surface area contributed by atoms with Gasteiger partial charge in [0.25, 0.3) is 0 Å². The summed E-state index contributed by atoms with van der Waals surface area (Å²) in [5.41, 5.74) is 1.64. The standard InChI is InChI=1S/C21H22ClFN2O2/c1-27-20-8-7-18(23)14-17(20)15-24-10-12-25(13-11-24)21(26)9-6-16-4-2-3-5-19(16)22/h2-9,14H,10-13,15H2,1H3/b9-6+. The predicted octanol–water partition coefficient (Wildman–Crippen LogP) is 3.85. The third-order valence-electron chi connectivity index (χ3n) is 4.63. The number of hydrogen-bond acceptors (Lipinski definition) is 3. The minimum absolute atomic E-state index is 0.0297. The predicted molar refractivity (Wildman–Crippen MR) is 105 cm³/mol. The van der Waals surface area contributed by atoms with Gasteiger partial charge in [-0.3, -0.25) is 9.69 Å². The molecule has 0 aliphatic carbocycles. The SMILES string of the molecule is COc1ccc(F)cc1CN1CCN(C(=O)/C=C/c2ccccc2Cl)CC1. The van der Waals surface area contributed by atoms with E-state index >= 15 is 0 Å². The van der Waals surface area contributed by atoms with E-state index in [0.717, 1.165) is 24.2 Å². The summed E-state index contributed by atoms with van der Waals surface area (Å²) >= 11 is 6.11. The third kappa shape index (κ3) is 5.08. The van der Waals surface area contributed by atoms with Crippen molar-refractivity contribution in [3.05, 3.63) is 70.5 Å². The van der Waals surface area contributed by atoms with Crippen LogP contribution >= 0.6 is 11.6 Å². The van der Waals surface area contributed by atoms with E-state index in [1.54, 1.807) is 31.4 Å². The van der Waals surface area contributed by atoms with Crippen LogP contribution in [0.15, 0.2) is 48.5 Å². The molecule has 6 heteroatoms. The van der Waals surface area contributed by atoms with Gasteiger partial charge >= 0.3 is 0 Å². The van der Waals surface area contributed by atoms with Crippen LogP contribution in [0.2, 0.25) is 5.02 Å². The smallest absolute Gasteiger partial charge is 0.246 e. The molecule has 4 nitrogen and oxygen atoms in total. The largest absolute Gasteiger partial charge is 0.496 e. The van der Waals surface area contributed by atoms with Crippen molar-refractivity contribution < 1.29 is 13.9 Å². The van der Waals surface area contributed by atoms with E-state index in [1.165, 1.54) is 12.1 Å². The Labute approximate surface area is 163 Å². The second kappa shape index (κ2) is 9.02. The van der Waals surface area contributed by atoms with E-state index in [1.807, 2.05) is 23.1 Å². The lowest BCUT2D eigenvalue weighted by atomic mass is 10.1. The molecule has 0 radical (unpaired) electrons. The van der Waals surface area contributed by atoms with Crippen molar-refractivity contribution in [2.45, 2.75) is 6.54 Å². The highest BCUT2D eigenvalue weighted by Gasteiger charge is 2.20. The van der Waals surface area contributed by atoms with Crippen LogP contribution in [-0.4, -0.2) is 49.0 Å². The number of benzene rings is 2. The van der Waals surface area contributed by atoms with Crippen molar-refractivity contribution in [2.24, 2.45) is 0 Å². The first-order valence-corrected chi connectivity index (χ1v) is 9.21. The number of amides is 1. The van der Waals surface area contributed by atoms with Gasteiger partial charge in [0.2, 0.25) is 5.91 Å². The van der Waals surface area contributed by atoms with Gasteiger partial charge in [0, 0.05) is 49.4 Å². The Bertz CT molecular complexity index is 833. The van der Waals surface area contributed by atoms with Crippen molar-refractivity contribution in [1.29, 1.82) is 0 Å². The van der Waals surface area contributed by atoms with Gasteiger partial charge in [0.05, 0.1) is 7.11 Å². The minimum atomic E-state index is -0.274. The van der Waals surface area contributed by atoms with E-state index in [0.29, 0.717) is 30.4 Å². The van der Waals surface area contributed by atoms with Crippen LogP contribution in [0.25, 0.3) is 6.08 Å². The molecule has 0 spiro atoms. The summed E-state index contributed by atoms with van der Waals surface area (Å²) < 4.78 is 18.8. The Hall–Kier alpha value is -2.37. The van der Waals surface area contributed by atoms with Crippen LogP contribution in [0.3, 0.4) is 0 Å². The number of hydrogen-bond donors (Lipinski definition) is 0. The van der Waals surface area contributed by atoms with E-state index in [9.17, 15) is 9.18 Å². The third-order valence-corrected chi connectivity index (χ3v) is 4.98. The molecule has 1 saturated heterocycles. The second-order valence-corrected chi connectivity index (χ2v) is 6.82. The van der Waals surface area contributed by atoms with E-state index in [-0.39, 0.29) is 11.7 Å². The molecular formula is C21H22ClFN2O2. The van der Waals surface area contributed by atoms with Crippen molar-refractivity contribution in [3.63, 3.8) is 0 Å². The fourth-order valence-corrected chi connectivity index (χ4v) is 3.31. The molecule has 1 aliphatic heterocycles. The molecule has 1 aliphatic rings. The Balaban J connectivity index is 1.55. The zero-order valence-electron chi connectivity index (χ0n) is 15.2. The topological polar surface area (TPSA) is 32.8 Å². The Morgan fingerprint density at radius 1 is 1.19 bits per heavy atom. The highest BCUT2D eigenvalue weighted by Crippen LogP contribution is 2.22. The lowest BCUT2D eigenvalue weighted by Gasteiger charge is -2.34. The molecular weight excluding hydrogens is 367 g/mol. The number of rotatable bonds is 5. The van der Waals surface area contributed by atoms with E-state index < -0.39 is 0 Å². The fraction of sp³-hybridized carbons (Fsp3) is 0.286. The number of nitrogens with zero attached hydrogens (tertiary/aromatic N) is 2. The summed E-state index contributed by atoms with van der Waals surface area (Å²) in [6.07, 6.45) is 3.31. The number of ether oxygens (including phenoxy) is 1. The summed E-state index contributed by atoms with van der Waals surface area (Å²) in [6.45, 7) is 3.31. The quantitative estimate of drug-likeness (QED) is 0.729. The zero-order chi connectivity index (χ0) is 19.2. The number of methoxy groups -OCH3 is 1. The summed E-state index contributed by atoms with van der Waals surface area (Å²) in [5, 5.41) is 0.621. The first kappa shape index (κ1) is 19.4. The fourth-order valence-electron chi connectivity index (χ4n) is 3.11. The van der Waals surface area contributed by atoms with Crippen LogP contribution in [0.5, 0.6) is 5.75 Å². The van der Waals surface area contributed by atoms with Crippen molar-refractivity contribution in [2.75, 3.05) is 33.3 Å². The van der Waals surface area contributed by atoms with Crippen LogP contribution in [-0.2, 0) is 11.3 Å². The summed E-state index contributed by atoms with van der Waals surface area (Å²) in [4.78, 5) is 16.4. The molecule has 1 amide bonds. The summed E-state index contributed by atoms with van der Waals surface area (Å²) in [5.74, 6) is 0.375. The van der Waals surface area contributed by atoms with Gasteiger partial charge < -0.3 is 9.64 Å². The van der Waals surface area contributed by atoms with Gasteiger partial charge in [0.15, 0.2) is 0 Å². The Morgan fingerprint density at radius 2 is 1.93 bits per heavy atom. The second-order valence-electron chi connectivity index (χ2n) is 6.41. The molecule has 1 fully saturated rings. The van der Waals surface area contributed by atoms with Crippen molar-refractivity contribution in [1.82, 2.24) is 9.80 Å². The highest BCUT2D eigenvalue weighted by molar-refractivity contribution is 6.32. The summed E-state index contributed by atoms with van der Waals surface area (Å²) in [7, 11) is 1.58. The molecule has 142 valence electrons. The number of carbonyl (C=O) groups excluding carboxylic acids is 1. The van der Waals surface area contributed by atoms with Crippen LogP contribution in [0.4, 0.5) is 4.39 Å². The average Bonchev–Trinajstić information content (AvgIpc) is 2.68. The van der Waals surface area contributed by atoms with Crippen molar-refractivity contribution in [3.8, 4) is 5.75 Å². The highest BCUT2D eigenvalue weighted by atomic mass is 35.5. The first-order valence-electron chi connectivity index (χ1n) is 8.83. The van der Waals surface area contributed by atoms with Gasteiger partial charge in [-0.2, -0.15) is 0 Å². The molecule has 0 atom stereocenters. The maximum absolute atomic E-state index is 13.5. The maximum Gasteiger partial charge on any atom is 0.246 e. The minimum Gasteiger partial charge on any atom is -0.496 e. The number of piperazine rings is 1. The van der Waals surface area contributed by atoms with Crippen LogP contribution < -0.4 is 4.74 Å². The van der Waals surface area contributed by atoms with E-state index in [4.69, 9.17) is 16.3 Å². The molecule has 0 unspecified atom stereocenters. The lowest BCUT2D eigenvalue weighted by Crippen LogP contribution is -2.47. The molecule has 2 aromatic carbocycles. The van der Waals surface area contributed by atoms with Gasteiger partial charge in [-0.15, -0.1) is 0 Å². The molecule has 2 aromatic rings. The lowest BCUT2D eigenvalue weighted by molar-refractivity contribution is -0.127. The zero-order valence-corrected chi connectivity index (χ0v) is 16.0. The van der Waals surface area contributed by atoms with Gasteiger partial charge in [0.1, 0.15) is 11.6 Å². The average molecular weight is 389 g/mol. The molecule has 1 heterocycles.